The second kappa shape index (κ2) is 5.95. The average Bonchev–Trinajstić information content (AvgIpc) is 2.17. The van der Waals surface area contributed by atoms with Crippen molar-refractivity contribution >= 4 is 15.9 Å². The number of aryl methyl sites for hydroxylation is 1. The quantitative estimate of drug-likeness (QED) is 0.823. The Kier molecular flexibility index (Phi) is 4.87. The van der Waals surface area contributed by atoms with E-state index >= 15 is 0 Å². The summed E-state index contributed by atoms with van der Waals surface area (Å²) in [6, 6.07) is 6.61. The molecule has 2 heteroatoms. The van der Waals surface area contributed by atoms with Gasteiger partial charge in [0.15, 0.2) is 0 Å². The van der Waals surface area contributed by atoms with Crippen molar-refractivity contribution in [2.75, 3.05) is 6.54 Å². The molecule has 0 aromatic heterocycles. The van der Waals surface area contributed by atoms with Crippen LogP contribution >= 0.6 is 15.9 Å². The largest absolute Gasteiger partial charge is 0.309 e. The third kappa shape index (κ3) is 3.37. The zero-order valence-electron chi connectivity index (χ0n) is 9.18. The number of terminal acetylenes is 1. The number of benzene rings is 1. The molecule has 0 radical (unpaired) electrons. The summed E-state index contributed by atoms with van der Waals surface area (Å²) < 4.78 is 1.13. The van der Waals surface area contributed by atoms with Crippen LogP contribution in [0.4, 0.5) is 0 Å². The summed E-state index contributed by atoms with van der Waals surface area (Å²) in [6.07, 6.45) is 6.09. The monoisotopic (exact) mass is 265 g/mol. The fourth-order valence-corrected chi connectivity index (χ4v) is 2.34. The molecule has 0 aliphatic heterocycles. The van der Waals surface area contributed by atoms with Crippen LogP contribution in [-0.4, -0.2) is 6.54 Å². The van der Waals surface area contributed by atoms with Crippen molar-refractivity contribution < 1.29 is 0 Å². The van der Waals surface area contributed by atoms with Gasteiger partial charge in [-0.25, -0.2) is 0 Å². The van der Waals surface area contributed by atoms with E-state index in [2.05, 4.69) is 59.2 Å². The predicted molar refractivity (Wildman–Crippen MR) is 68.7 cm³/mol. The first-order valence-corrected chi connectivity index (χ1v) is 5.91. The molecule has 1 aromatic rings. The summed E-state index contributed by atoms with van der Waals surface area (Å²) in [6.45, 7) is 5.09. The molecule has 1 nitrogen and oxygen atoms in total. The topological polar surface area (TPSA) is 12.0 Å². The molecule has 80 valence electrons. The van der Waals surface area contributed by atoms with E-state index in [1.807, 2.05) is 0 Å². The van der Waals surface area contributed by atoms with Gasteiger partial charge < -0.3 is 5.32 Å². The Bertz CT molecular complexity index is 365. The van der Waals surface area contributed by atoms with Gasteiger partial charge >= 0.3 is 0 Å². The molecule has 0 saturated carbocycles. The highest BCUT2D eigenvalue weighted by Crippen LogP contribution is 2.26. The fourth-order valence-electron chi connectivity index (χ4n) is 1.57. The first kappa shape index (κ1) is 12.3. The van der Waals surface area contributed by atoms with Crippen molar-refractivity contribution in [3.8, 4) is 12.3 Å². The maximum absolute atomic E-state index is 5.37. The summed E-state index contributed by atoms with van der Waals surface area (Å²) in [7, 11) is 0. The lowest BCUT2D eigenvalue weighted by atomic mass is 10.0. The summed E-state index contributed by atoms with van der Waals surface area (Å²) in [5.41, 5.74) is 2.49. The molecule has 1 aromatic carbocycles. The summed E-state index contributed by atoms with van der Waals surface area (Å²) >= 11 is 3.58. The third-order valence-electron chi connectivity index (χ3n) is 2.30. The Morgan fingerprint density at radius 2 is 2.27 bits per heavy atom. The number of rotatable bonds is 4. The lowest BCUT2D eigenvalue weighted by Crippen LogP contribution is -2.20. The second-order valence-electron chi connectivity index (χ2n) is 3.54. The molecule has 0 heterocycles. The first-order chi connectivity index (χ1) is 7.19. The van der Waals surface area contributed by atoms with Crippen LogP contribution in [0.25, 0.3) is 0 Å². The van der Waals surface area contributed by atoms with Gasteiger partial charge in [0, 0.05) is 16.9 Å². The zero-order chi connectivity index (χ0) is 11.3. The summed E-state index contributed by atoms with van der Waals surface area (Å²) in [5, 5.41) is 3.39. The molecule has 1 rings (SSSR count). The number of hydrogen-bond donors (Lipinski definition) is 1. The fraction of sp³-hybridized carbons (Fsp3) is 0.385. The van der Waals surface area contributed by atoms with E-state index in [-0.39, 0.29) is 6.04 Å². The van der Waals surface area contributed by atoms with E-state index in [1.165, 1.54) is 11.1 Å². The Balaban J connectivity index is 2.95. The second-order valence-corrected chi connectivity index (χ2v) is 4.40. The van der Waals surface area contributed by atoms with Gasteiger partial charge in [-0.15, -0.1) is 12.3 Å². The van der Waals surface area contributed by atoms with E-state index < -0.39 is 0 Å². The molecular weight excluding hydrogens is 250 g/mol. The van der Waals surface area contributed by atoms with Gasteiger partial charge in [0.1, 0.15) is 0 Å². The third-order valence-corrected chi connectivity index (χ3v) is 2.99. The highest BCUT2D eigenvalue weighted by Gasteiger charge is 2.11. The molecule has 1 unspecified atom stereocenters. The molecular formula is C13H16BrN. The van der Waals surface area contributed by atoms with Gasteiger partial charge in [-0.3, -0.25) is 0 Å². The van der Waals surface area contributed by atoms with Gasteiger partial charge in [0.25, 0.3) is 0 Å². The highest BCUT2D eigenvalue weighted by molar-refractivity contribution is 9.10. The van der Waals surface area contributed by atoms with E-state index in [9.17, 15) is 0 Å². The lowest BCUT2D eigenvalue weighted by molar-refractivity contribution is 0.563. The van der Waals surface area contributed by atoms with Gasteiger partial charge in [-0.2, -0.15) is 0 Å². The van der Waals surface area contributed by atoms with E-state index in [4.69, 9.17) is 6.42 Å². The zero-order valence-corrected chi connectivity index (χ0v) is 10.8. The molecule has 0 fully saturated rings. The highest BCUT2D eigenvalue weighted by atomic mass is 79.9. The van der Waals surface area contributed by atoms with Crippen LogP contribution in [0.2, 0.25) is 0 Å². The van der Waals surface area contributed by atoms with E-state index in [0.717, 1.165) is 17.4 Å². The average molecular weight is 266 g/mol. The molecule has 0 aliphatic carbocycles. The number of halogens is 1. The van der Waals surface area contributed by atoms with Crippen molar-refractivity contribution in [1.82, 2.24) is 5.32 Å². The van der Waals surface area contributed by atoms with Crippen LogP contribution in [0.5, 0.6) is 0 Å². The Morgan fingerprint density at radius 3 is 2.80 bits per heavy atom. The Labute approximate surface area is 100 Å². The maximum Gasteiger partial charge on any atom is 0.0441 e. The van der Waals surface area contributed by atoms with Gasteiger partial charge in [-0.1, -0.05) is 35.0 Å². The molecule has 0 spiro atoms. The number of hydrogen-bond acceptors (Lipinski definition) is 1. The van der Waals surface area contributed by atoms with Crippen molar-refractivity contribution in [2.24, 2.45) is 0 Å². The van der Waals surface area contributed by atoms with E-state index in [0.29, 0.717) is 0 Å². The Morgan fingerprint density at radius 1 is 1.53 bits per heavy atom. The van der Waals surface area contributed by atoms with Crippen LogP contribution < -0.4 is 5.32 Å². The minimum absolute atomic E-state index is 0.245. The van der Waals surface area contributed by atoms with Crippen molar-refractivity contribution in [3.05, 3.63) is 33.8 Å². The van der Waals surface area contributed by atoms with Crippen molar-refractivity contribution in [2.45, 2.75) is 26.3 Å². The SMILES string of the molecule is C#CCC(NCC)c1ccc(C)cc1Br. The smallest absolute Gasteiger partial charge is 0.0441 e. The summed E-state index contributed by atoms with van der Waals surface area (Å²) in [5.74, 6) is 2.71. The normalized spacial score (nSPS) is 12.1. The van der Waals surface area contributed by atoms with Crippen LogP contribution in [-0.2, 0) is 0 Å². The van der Waals surface area contributed by atoms with Crippen LogP contribution in [0.15, 0.2) is 22.7 Å². The Hall–Kier alpha value is -0.780. The minimum atomic E-state index is 0.245. The lowest BCUT2D eigenvalue weighted by Gasteiger charge is -2.17. The molecule has 1 N–H and O–H groups in total. The van der Waals surface area contributed by atoms with Gasteiger partial charge in [0.2, 0.25) is 0 Å². The molecule has 0 aliphatic rings. The first-order valence-electron chi connectivity index (χ1n) is 5.12. The standard InChI is InChI=1S/C13H16BrN/c1-4-6-13(15-5-2)11-8-7-10(3)9-12(11)14/h1,7-9,13,15H,5-6H2,2-3H3. The summed E-state index contributed by atoms with van der Waals surface area (Å²) in [4.78, 5) is 0. The van der Waals surface area contributed by atoms with E-state index in [1.54, 1.807) is 0 Å². The minimum Gasteiger partial charge on any atom is -0.309 e. The molecule has 0 saturated heterocycles. The van der Waals surface area contributed by atoms with Crippen molar-refractivity contribution in [3.63, 3.8) is 0 Å². The number of nitrogens with one attached hydrogen (secondary N) is 1. The molecule has 15 heavy (non-hydrogen) atoms. The van der Waals surface area contributed by atoms with Crippen LogP contribution in [0.3, 0.4) is 0 Å². The molecule has 0 amide bonds. The van der Waals surface area contributed by atoms with Crippen LogP contribution in [0.1, 0.15) is 30.5 Å². The van der Waals surface area contributed by atoms with Gasteiger partial charge in [-0.05, 0) is 30.7 Å². The van der Waals surface area contributed by atoms with Crippen LogP contribution in [0, 0.1) is 19.3 Å². The maximum atomic E-state index is 5.37. The molecule has 0 bridgehead atoms. The van der Waals surface area contributed by atoms with Crippen molar-refractivity contribution in [1.29, 1.82) is 0 Å². The molecule has 1 atom stereocenters. The predicted octanol–water partition coefficient (Wildman–Crippen LogP) is 3.43. The van der Waals surface area contributed by atoms with Gasteiger partial charge in [0.05, 0.1) is 0 Å².